The molecule has 0 aliphatic carbocycles. The lowest BCUT2D eigenvalue weighted by Crippen LogP contribution is -1.99. The van der Waals surface area contributed by atoms with Crippen molar-refractivity contribution in [3.8, 4) is 5.75 Å². The molecule has 2 rings (SSSR count). The number of anilines is 1. The smallest absolute Gasteiger partial charge is 0.123 e. The molecule has 1 aromatic heterocycles. The number of aryl methyl sites for hydroxylation is 1. The Kier molecular flexibility index (Phi) is 3.74. The van der Waals surface area contributed by atoms with E-state index in [1.807, 2.05) is 26.0 Å². The predicted molar refractivity (Wildman–Crippen MR) is 76.9 cm³/mol. The van der Waals surface area contributed by atoms with Crippen molar-refractivity contribution in [1.82, 2.24) is 0 Å². The van der Waals surface area contributed by atoms with Gasteiger partial charge in [-0.3, -0.25) is 0 Å². The third-order valence-electron chi connectivity index (χ3n) is 2.71. The molecule has 0 bridgehead atoms. The van der Waals surface area contributed by atoms with Gasteiger partial charge >= 0.3 is 0 Å². The van der Waals surface area contributed by atoms with Gasteiger partial charge in [-0.15, -0.1) is 11.3 Å². The highest BCUT2D eigenvalue weighted by atomic mass is 79.9. The van der Waals surface area contributed by atoms with Crippen LogP contribution in [0.1, 0.15) is 16.0 Å². The van der Waals surface area contributed by atoms with E-state index in [2.05, 4.69) is 32.7 Å². The standard InChI is InChI=1S/C13H14BrNOS/c1-8-3-4-12(9(2)13(8)16)15-6-11-5-10(14)7-17-11/h3-5,7,15-16H,6H2,1-2H3. The summed E-state index contributed by atoms with van der Waals surface area (Å²) in [7, 11) is 0. The zero-order chi connectivity index (χ0) is 12.4. The minimum absolute atomic E-state index is 0.377. The molecule has 2 aromatic rings. The van der Waals surface area contributed by atoms with Gasteiger partial charge in [0.1, 0.15) is 5.75 Å². The van der Waals surface area contributed by atoms with E-state index in [4.69, 9.17) is 0 Å². The summed E-state index contributed by atoms with van der Waals surface area (Å²) in [6, 6.07) is 6.03. The van der Waals surface area contributed by atoms with Gasteiger partial charge in [0.15, 0.2) is 0 Å². The van der Waals surface area contributed by atoms with Crippen LogP contribution in [0.3, 0.4) is 0 Å². The monoisotopic (exact) mass is 311 g/mol. The molecule has 90 valence electrons. The summed E-state index contributed by atoms with van der Waals surface area (Å²) in [6.45, 7) is 4.61. The highest BCUT2D eigenvalue weighted by molar-refractivity contribution is 9.10. The minimum Gasteiger partial charge on any atom is -0.507 e. The average molecular weight is 312 g/mol. The largest absolute Gasteiger partial charge is 0.507 e. The second-order valence-electron chi connectivity index (χ2n) is 3.99. The molecular formula is C13H14BrNOS. The van der Waals surface area contributed by atoms with Crippen molar-refractivity contribution in [3.05, 3.63) is 44.1 Å². The molecule has 0 saturated heterocycles. The van der Waals surface area contributed by atoms with Gasteiger partial charge in [-0.05, 0) is 47.5 Å². The van der Waals surface area contributed by atoms with Crippen LogP contribution in [0.5, 0.6) is 5.75 Å². The van der Waals surface area contributed by atoms with E-state index in [1.54, 1.807) is 11.3 Å². The summed E-state index contributed by atoms with van der Waals surface area (Å²) in [5.41, 5.74) is 2.80. The Balaban J connectivity index is 2.12. The molecule has 0 spiro atoms. The van der Waals surface area contributed by atoms with Crippen LogP contribution in [0.25, 0.3) is 0 Å². The fraction of sp³-hybridized carbons (Fsp3) is 0.231. The minimum atomic E-state index is 0.377. The maximum Gasteiger partial charge on any atom is 0.123 e. The zero-order valence-corrected chi connectivity index (χ0v) is 12.2. The molecule has 0 aliphatic heterocycles. The van der Waals surface area contributed by atoms with E-state index in [-0.39, 0.29) is 0 Å². The molecule has 2 nitrogen and oxygen atoms in total. The highest BCUT2D eigenvalue weighted by Gasteiger charge is 2.06. The van der Waals surface area contributed by atoms with E-state index in [1.165, 1.54) is 4.88 Å². The lowest BCUT2D eigenvalue weighted by molar-refractivity contribution is 0.467. The van der Waals surface area contributed by atoms with E-state index in [0.717, 1.165) is 27.8 Å². The molecule has 1 heterocycles. The Hall–Kier alpha value is -1.00. The first kappa shape index (κ1) is 12.5. The normalized spacial score (nSPS) is 10.5. The molecule has 0 unspecified atom stereocenters. The van der Waals surface area contributed by atoms with Gasteiger partial charge in [-0.1, -0.05) is 6.07 Å². The fourth-order valence-electron chi connectivity index (χ4n) is 1.66. The summed E-state index contributed by atoms with van der Waals surface area (Å²) < 4.78 is 1.11. The van der Waals surface area contributed by atoms with Crippen LogP contribution in [0, 0.1) is 13.8 Å². The van der Waals surface area contributed by atoms with Crippen LogP contribution in [-0.4, -0.2) is 5.11 Å². The highest BCUT2D eigenvalue weighted by Crippen LogP contribution is 2.29. The van der Waals surface area contributed by atoms with E-state index < -0.39 is 0 Å². The Bertz CT molecular complexity index is 536. The van der Waals surface area contributed by atoms with E-state index in [9.17, 15) is 5.11 Å². The third kappa shape index (κ3) is 2.82. The fourth-order valence-corrected chi connectivity index (χ4v) is 3.05. The Labute approximate surface area is 113 Å². The van der Waals surface area contributed by atoms with Crippen LogP contribution >= 0.6 is 27.3 Å². The van der Waals surface area contributed by atoms with E-state index >= 15 is 0 Å². The number of thiophene rings is 1. The molecular weight excluding hydrogens is 298 g/mol. The molecule has 0 fully saturated rings. The SMILES string of the molecule is Cc1ccc(NCc2cc(Br)cs2)c(C)c1O. The van der Waals surface area contributed by atoms with Crippen molar-refractivity contribution in [2.24, 2.45) is 0 Å². The number of hydrogen-bond acceptors (Lipinski definition) is 3. The van der Waals surface area contributed by atoms with Crippen LogP contribution in [0.15, 0.2) is 28.1 Å². The quantitative estimate of drug-likeness (QED) is 0.878. The Morgan fingerprint density at radius 1 is 1.35 bits per heavy atom. The number of hydrogen-bond donors (Lipinski definition) is 2. The van der Waals surface area contributed by atoms with Gasteiger partial charge < -0.3 is 10.4 Å². The van der Waals surface area contributed by atoms with Gasteiger partial charge in [0.2, 0.25) is 0 Å². The first-order valence-corrected chi connectivity index (χ1v) is 7.01. The van der Waals surface area contributed by atoms with Gasteiger partial charge in [0.25, 0.3) is 0 Å². The van der Waals surface area contributed by atoms with Gasteiger partial charge in [0.05, 0.1) is 0 Å². The van der Waals surface area contributed by atoms with E-state index in [0.29, 0.717) is 5.75 Å². The molecule has 0 amide bonds. The first-order chi connectivity index (χ1) is 8.08. The van der Waals surface area contributed by atoms with Crippen molar-refractivity contribution in [2.45, 2.75) is 20.4 Å². The number of benzene rings is 1. The summed E-state index contributed by atoms with van der Waals surface area (Å²) >= 11 is 5.15. The number of halogens is 1. The number of aromatic hydroxyl groups is 1. The lowest BCUT2D eigenvalue weighted by atomic mass is 10.1. The van der Waals surface area contributed by atoms with Crippen molar-refractivity contribution >= 4 is 33.0 Å². The Morgan fingerprint density at radius 3 is 2.76 bits per heavy atom. The topological polar surface area (TPSA) is 32.3 Å². The summed E-state index contributed by atoms with van der Waals surface area (Å²) in [5, 5.41) is 15.2. The maximum absolute atomic E-state index is 9.84. The molecule has 1 aromatic carbocycles. The average Bonchev–Trinajstić information content (AvgIpc) is 2.71. The van der Waals surface area contributed by atoms with Crippen LogP contribution in [-0.2, 0) is 6.54 Å². The molecule has 2 N–H and O–H groups in total. The molecule has 0 saturated carbocycles. The molecule has 0 radical (unpaired) electrons. The van der Waals surface area contributed by atoms with Crippen LogP contribution in [0.2, 0.25) is 0 Å². The number of nitrogens with one attached hydrogen (secondary N) is 1. The molecule has 17 heavy (non-hydrogen) atoms. The van der Waals surface area contributed by atoms with Crippen molar-refractivity contribution in [1.29, 1.82) is 0 Å². The van der Waals surface area contributed by atoms with Gasteiger partial charge in [0, 0.05) is 32.5 Å². The first-order valence-electron chi connectivity index (χ1n) is 5.34. The predicted octanol–water partition coefficient (Wildman–Crippen LogP) is 4.45. The van der Waals surface area contributed by atoms with Crippen molar-refractivity contribution in [2.75, 3.05) is 5.32 Å². The number of phenols is 1. The summed E-state index contributed by atoms with van der Waals surface area (Å²) in [4.78, 5) is 1.26. The Morgan fingerprint density at radius 2 is 2.12 bits per heavy atom. The number of phenolic OH excluding ortho intramolecular Hbond substituents is 1. The lowest BCUT2D eigenvalue weighted by Gasteiger charge is -2.11. The van der Waals surface area contributed by atoms with Crippen LogP contribution < -0.4 is 5.32 Å². The summed E-state index contributed by atoms with van der Waals surface area (Å²) in [6.07, 6.45) is 0. The van der Waals surface area contributed by atoms with Crippen molar-refractivity contribution < 1.29 is 5.11 Å². The maximum atomic E-state index is 9.84. The van der Waals surface area contributed by atoms with Gasteiger partial charge in [-0.2, -0.15) is 0 Å². The van der Waals surface area contributed by atoms with Gasteiger partial charge in [-0.25, -0.2) is 0 Å². The third-order valence-corrected chi connectivity index (χ3v) is 4.41. The second kappa shape index (κ2) is 5.10. The molecule has 0 atom stereocenters. The summed E-state index contributed by atoms with van der Waals surface area (Å²) in [5.74, 6) is 0.377. The zero-order valence-electron chi connectivity index (χ0n) is 9.75. The second-order valence-corrected chi connectivity index (χ2v) is 5.90. The molecule has 0 aliphatic rings. The van der Waals surface area contributed by atoms with Crippen LogP contribution in [0.4, 0.5) is 5.69 Å². The van der Waals surface area contributed by atoms with Crippen molar-refractivity contribution in [3.63, 3.8) is 0 Å². The number of rotatable bonds is 3. The molecule has 4 heteroatoms.